The van der Waals surface area contributed by atoms with Crippen LogP contribution in [0.2, 0.25) is 0 Å². The van der Waals surface area contributed by atoms with Crippen molar-refractivity contribution in [2.75, 3.05) is 19.1 Å². The zero-order valence-electron chi connectivity index (χ0n) is 11.6. The predicted molar refractivity (Wildman–Crippen MR) is 75.0 cm³/mol. The quantitative estimate of drug-likeness (QED) is 0.432. The fraction of sp³-hybridized carbons (Fsp3) is 0.417. The Bertz CT molecular complexity index is 640. The fourth-order valence-electron chi connectivity index (χ4n) is 1.56. The maximum absolute atomic E-state index is 12.0. The minimum absolute atomic E-state index is 0.0462. The lowest BCUT2D eigenvalue weighted by Crippen LogP contribution is -2.38. The van der Waals surface area contributed by atoms with E-state index < -0.39 is 15.6 Å². The smallest absolute Gasteiger partial charge is 0.485 e. The average molecular weight is 358 g/mol. The SMILES string of the molecule is C[S+](C)C1COc2ccccc2C1=O.O=S(=O)([O-])C(F)(F)F. The number of halogens is 3. The maximum atomic E-state index is 12.0. The van der Waals surface area contributed by atoms with Gasteiger partial charge in [-0.3, -0.25) is 4.79 Å². The van der Waals surface area contributed by atoms with Crippen LogP contribution in [0.25, 0.3) is 0 Å². The van der Waals surface area contributed by atoms with E-state index in [0.29, 0.717) is 6.61 Å². The molecule has 1 unspecified atom stereocenters. The van der Waals surface area contributed by atoms with Gasteiger partial charge in [0.2, 0.25) is 11.0 Å². The fourth-order valence-corrected chi connectivity index (χ4v) is 2.46. The van der Waals surface area contributed by atoms with Gasteiger partial charge in [0.15, 0.2) is 10.1 Å². The minimum atomic E-state index is -6.09. The number of hydrogen-bond acceptors (Lipinski definition) is 5. The number of fused-ring (bicyclic) bond motifs is 1. The van der Waals surface area contributed by atoms with Gasteiger partial charge in [0.05, 0.1) is 18.1 Å². The Morgan fingerprint density at radius 1 is 1.27 bits per heavy atom. The first kappa shape index (κ1) is 18.8. The third-order valence-electron chi connectivity index (χ3n) is 2.69. The highest BCUT2D eigenvalue weighted by molar-refractivity contribution is 7.96. The van der Waals surface area contributed by atoms with Crippen LogP contribution in [0.3, 0.4) is 0 Å². The molecule has 1 aliphatic heterocycles. The van der Waals surface area contributed by atoms with Crippen LogP contribution in [0.1, 0.15) is 10.4 Å². The number of ketones is 1. The van der Waals surface area contributed by atoms with Crippen molar-refractivity contribution in [3.63, 3.8) is 0 Å². The molecule has 0 amide bonds. The molecule has 0 N–H and O–H groups in total. The Labute approximate surface area is 128 Å². The molecule has 0 radical (unpaired) electrons. The molecule has 22 heavy (non-hydrogen) atoms. The van der Waals surface area contributed by atoms with E-state index in [0.717, 1.165) is 11.3 Å². The topological polar surface area (TPSA) is 83.5 Å². The Morgan fingerprint density at radius 3 is 2.23 bits per heavy atom. The van der Waals surface area contributed by atoms with Crippen LogP contribution in [-0.4, -0.2) is 48.6 Å². The van der Waals surface area contributed by atoms with Gasteiger partial charge in [0.25, 0.3) is 0 Å². The summed E-state index contributed by atoms with van der Waals surface area (Å²) >= 11 is 0. The average Bonchev–Trinajstić information content (AvgIpc) is 2.37. The summed E-state index contributed by atoms with van der Waals surface area (Å²) in [6.45, 7) is 0.534. The van der Waals surface area contributed by atoms with Crippen molar-refractivity contribution in [1.82, 2.24) is 0 Å². The highest BCUT2D eigenvalue weighted by atomic mass is 32.2. The lowest BCUT2D eigenvalue weighted by atomic mass is 10.1. The van der Waals surface area contributed by atoms with Gasteiger partial charge >= 0.3 is 5.51 Å². The van der Waals surface area contributed by atoms with Crippen molar-refractivity contribution < 1.29 is 35.7 Å². The molecule has 124 valence electrons. The number of carbonyl (C=O) groups excluding carboxylic acids is 1. The van der Waals surface area contributed by atoms with Gasteiger partial charge in [-0.2, -0.15) is 13.2 Å². The van der Waals surface area contributed by atoms with E-state index in [2.05, 4.69) is 12.5 Å². The van der Waals surface area contributed by atoms with E-state index >= 15 is 0 Å². The van der Waals surface area contributed by atoms with Gasteiger partial charge in [0.1, 0.15) is 12.4 Å². The minimum Gasteiger partial charge on any atom is -0.741 e. The van der Waals surface area contributed by atoms with Crippen LogP contribution in [-0.2, 0) is 21.0 Å². The van der Waals surface area contributed by atoms with Gasteiger partial charge in [-0.15, -0.1) is 0 Å². The first-order valence-corrected chi connectivity index (χ1v) is 9.31. The van der Waals surface area contributed by atoms with Gasteiger partial charge in [-0.25, -0.2) is 8.42 Å². The van der Waals surface area contributed by atoms with Crippen LogP contribution in [0, 0.1) is 0 Å². The van der Waals surface area contributed by atoms with Crippen molar-refractivity contribution in [1.29, 1.82) is 0 Å². The molecule has 1 aliphatic rings. The van der Waals surface area contributed by atoms with Gasteiger partial charge in [-0.05, 0) is 23.0 Å². The zero-order chi connectivity index (χ0) is 17.1. The maximum Gasteiger partial charge on any atom is 0.485 e. The molecule has 0 bridgehead atoms. The van der Waals surface area contributed by atoms with Crippen LogP contribution < -0.4 is 4.74 Å². The molecular formula is C12H13F3O5S2. The third kappa shape index (κ3) is 4.62. The lowest BCUT2D eigenvalue weighted by Gasteiger charge is -2.21. The van der Waals surface area contributed by atoms with Crippen LogP contribution in [0.15, 0.2) is 24.3 Å². The van der Waals surface area contributed by atoms with Crippen molar-refractivity contribution >= 4 is 26.8 Å². The normalized spacial score (nSPS) is 18.1. The molecule has 2 rings (SSSR count). The second kappa shape index (κ2) is 6.88. The van der Waals surface area contributed by atoms with Crippen molar-refractivity contribution in [2.45, 2.75) is 10.8 Å². The Kier molecular flexibility index (Phi) is 5.88. The molecule has 5 nitrogen and oxygen atoms in total. The summed E-state index contributed by atoms with van der Waals surface area (Å²) < 4.78 is 64.5. The Morgan fingerprint density at radius 2 is 1.77 bits per heavy atom. The largest absolute Gasteiger partial charge is 0.741 e. The second-order valence-corrected chi connectivity index (χ2v) is 8.14. The number of rotatable bonds is 1. The van der Waals surface area contributed by atoms with Crippen molar-refractivity contribution in [3.8, 4) is 5.75 Å². The number of para-hydroxylation sites is 1. The highest BCUT2D eigenvalue weighted by Crippen LogP contribution is 2.26. The highest BCUT2D eigenvalue weighted by Gasteiger charge is 2.37. The number of benzene rings is 1. The molecule has 0 aliphatic carbocycles. The monoisotopic (exact) mass is 358 g/mol. The molecule has 1 heterocycles. The van der Waals surface area contributed by atoms with E-state index in [1.54, 1.807) is 0 Å². The van der Waals surface area contributed by atoms with Crippen molar-refractivity contribution in [2.24, 2.45) is 0 Å². The molecule has 0 saturated carbocycles. The van der Waals surface area contributed by atoms with Crippen LogP contribution in [0.4, 0.5) is 13.2 Å². The Balaban J connectivity index is 0.000000261. The molecule has 10 heteroatoms. The molecule has 0 fully saturated rings. The summed E-state index contributed by atoms with van der Waals surface area (Å²) in [7, 11) is -6.00. The molecule has 1 aromatic rings. The van der Waals surface area contributed by atoms with Gasteiger partial charge in [-0.1, -0.05) is 12.1 Å². The van der Waals surface area contributed by atoms with E-state index in [4.69, 9.17) is 17.7 Å². The zero-order valence-corrected chi connectivity index (χ0v) is 13.2. The predicted octanol–water partition coefficient (Wildman–Crippen LogP) is 1.56. The summed E-state index contributed by atoms with van der Waals surface area (Å²) in [4.78, 5) is 12.0. The van der Waals surface area contributed by atoms with E-state index in [-0.39, 0.29) is 21.9 Å². The number of carbonyl (C=O) groups is 1. The summed E-state index contributed by atoms with van der Waals surface area (Å²) in [5, 5.41) is 0.0462. The lowest BCUT2D eigenvalue weighted by molar-refractivity contribution is -0.0517. The Hall–Kier alpha value is -1.26. The number of hydrogen-bond donors (Lipinski definition) is 0. The van der Waals surface area contributed by atoms with Gasteiger partial charge in [0, 0.05) is 0 Å². The van der Waals surface area contributed by atoms with E-state index in [9.17, 15) is 18.0 Å². The molecule has 1 aromatic carbocycles. The summed E-state index contributed by atoms with van der Waals surface area (Å²) in [6.07, 6.45) is 4.17. The van der Waals surface area contributed by atoms with Gasteiger partial charge < -0.3 is 9.29 Å². The first-order chi connectivity index (χ1) is 9.95. The van der Waals surface area contributed by atoms with Crippen LogP contribution >= 0.6 is 0 Å². The van der Waals surface area contributed by atoms with E-state index in [1.807, 2.05) is 24.3 Å². The van der Waals surface area contributed by atoms with E-state index in [1.165, 1.54) is 0 Å². The first-order valence-electron chi connectivity index (χ1n) is 5.79. The number of ether oxygens (including phenoxy) is 1. The van der Waals surface area contributed by atoms with Crippen molar-refractivity contribution in [3.05, 3.63) is 29.8 Å². The molecular weight excluding hydrogens is 345 g/mol. The molecule has 0 saturated heterocycles. The summed E-state index contributed by atoms with van der Waals surface area (Å²) in [5.74, 6) is 0.972. The third-order valence-corrected chi connectivity index (χ3v) is 4.74. The molecule has 0 spiro atoms. The van der Waals surface area contributed by atoms with Crippen LogP contribution in [0.5, 0.6) is 5.75 Å². The second-order valence-electron chi connectivity index (χ2n) is 4.44. The molecule has 0 aromatic heterocycles. The standard InChI is InChI=1S/C11H13O2S.CHF3O3S/c1-14(2)10-7-13-9-6-4-3-5-8(9)11(10)12;2-1(3,4)8(5,6)7/h3-6,10H,7H2,1-2H3;(H,5,6,7)/q+1;/p-1. The number of Topliss-reactive ketones (excluding diaryl/α,β-unsaturated/α-hetero) is 1. The summed E-state index contributed by atoms with van der Waals surface area (Å²) in [5.41, 5.74) is -4.91. The molecule has 1 atom stereocenters. The summed E-state index contributed by atoms with van der Waals surface area (Å²) in [6, 6.07) is 7.47. The number of alkyl halides is 3.